The molecule has 16 nitrogen and oxygen atoms in total. The molecular weight excluding hydrogens is 775 g/mol. The summed E-state index contributed by atoms with van der Waals surface area (Å²) in [5.74, 6) is -1.65. The minimum Gasteiger partial charge on any atom is -0.507 e. The van der Waals surface area contributed by atoms with Gasteiger partial charge >= 0.3 is 5.97 Å². The highest BCUT2D eigenvalue weighted by molar-refractivity contribution is 7.86. The molecule has 0 unspecified atom stereocenters. The van der Waals surface area contributed by atoms with Crippen molar-refractivity contribution in [2.24, 2.45) is 30.7 Å². The van der Waals surface area contributed by atoms with Gasteiger partial charge in [-0.2, -0.15) is 32.2 Å². The molecule has 0 aliphatic carbocycles. The van der Waals surface area contributed by atoms with Gasteiger partial charge in [0.25, 0.3) is 20.2 Å². The predicted octanol–water partition coefficient (Wildman–Crippen LogP) is 10.4. The third kappa shape index (κ3) is 8.38. The maximum atomic E-state index is 12.1. The van der Waals surface area contributed by atoms with Gasteiger partial charge in [0.1, 0.15) is 11.3 Å². The number of hydrogen-bond donors (Lipinski definition) is 5. The Balaban J connectivity index is 1.14. The SMILES string of the molecule is Nc1ccc(N=Nc2ccc(N=Nc3ccc(-c4ccc(N=Nc5ccc(O)c(C(=O)O)c5)cc4)cc3)c3ccc(S(=O)(=O)O)cc23)c2cc(S(=O)(=O)O)ccc12. The number of aromatic hydroxyl groups is 1. The third-order valence-corrected chi connectivity index (χ3v) is 10.3. The average molecular weight is 802 g/mol. The number of hydrogen-bond acceptors (Lipinski definition) is 13. The minimum atomic E-state index is -4.60. The Morgan fingerprint density at radius 2 is 0.895 bits per heavy atom. The Hall–Kier alpha value is -7.25. The van der Waals surface area contributed by atoms with E-state index in [1.54, 1.807) is 36.4 Å². The number of rotatable bonds is 10. The van der Waals surface area contributed by atoms with Gasteiger partial charge in [-0.25, -0.2) is 4.79 Å². The highest BCUT2D eigenvalue weighted by Gasteiger charge is 2.16. The standard InChI is InChI=1S/C39H27N7O9S2/c40-34-14-15-36(31-20-27(56(50,51)52)10-12-29(31)34)45-46-37-17-16-35(30-13-11-28(21-32(30)37)57(53,54)55)44-42-25-7-3-23(4-8-25)22-1-5-24(6-2-22)41-43-26-9-18-38(47)33(19-26)39(48)49/h1-21,47H,40H2,(H,48,49)(H,50,51,52)(H,53,54,55). The second-order valence-corrected chi connectivity index (χ2v) is 15.2. The van der Waals surface area contributed by atoms with E-state index >= 15 is 0 Å². The summed E-state index contributed by atoms with van der Waals surface area (Å²) in [7, 11) is -9.14. The fourth-order valence-electron chi connectivity index (χ4n) is 5.75. The number of carboxylic acid groups (broad SMARTS) is 1. The lowest BCUT2D eigenvalue weighted by atomic mass is 10.1. The molecular formula is C39H27N7O9S2. The molecule has 7 aromatic rings. The van der Waals surface area contributed by atoms with Crippen LogP contribution < -0.4 is 5.73 Å². The molecule has 7 rings (SSSR count). The second-order valence-electron chi connectivity index (χ2n) is 12.3. The van der Waals surface area contributed by atoms with Gasteiger partial charge in [0.15, 0.2) is 0 Å². The van der Waals surface area contributed by atoms with E-state index in [9.17, 15) is 40.9 Å². The zero-order chi connectivity index (χ0) is 40.5. The summed E-state index contributed by atoms with van der Waals surface area (Å²) in [4.78, 5) is 10.5. The summed E-state index contributed by atoms with van der Waals surface area (Å²) in [6, 6.07) is 32.2. The molecule has 0 bridgehead atoms. The summed E-state index contributed by atoms with van der Waals surface area (Å²) in [5.41, 5.74) is 9.90. The number of carbonyl (C=O) groups is 1. The maximum absolute atomic E-state index is 12.1. The fourth-order valence-corrected chi connectivity index (χ4v) is 6.76. The molecule has 0 amide bonds. The van der Waals surface area contributed by atoms with Crippen molar-refractivity contribution < 1.29 is 40.9 Å². The van der Waals surface area contributed by atoms with E-state index in [-0.39, 0.29) is 44.0 Å². The van der Waals surface area contributed by atoms with Crippen molar-refractivity contribution in [2.75, 3.05) is 5.73 Å². The predicted molar refractivity (Wildman–Crippen MR) is 211 cm³/mol. The van der Waals surface area contributed by atoms with Crippen LogP contribution in [0.2, 0.25) is 0 Å². The summed E-state index contributed by atoms with van der Waals surface area (Å²) in [6.45, 7) is 0. The largest absolute Gasteiger partial charge is 0.507 e. The van der Waals surface area contributed by atoms with E-state index in [2.05, 4.69) is 30.7 Å². The van der Waals surface area contributed by atoms with Gasteiger partial charge in [-0.3, -0.25) is 9.11 Å². The van der Waals surface area contributed by atoms with Crippen LogP contribution in [-0.4, -0.2) is 42.1 Å². The monoisotopic (exact) mass is 801 g/mol. The number of azo groups is 3. The van der Waals surface area contributed by atoms with Crippen LogP contribution in [0.15, 0.2) is 168 Å². The molecule has 0 heterocycles. The molecule has 0 saturated heterocycles. The van der Waals surface area contributed by atoms with E-state index in [4.69, 9.17) is 5.73 Å². The summed E-state index contributed by atoms with van der Waals surface area (Å²) in [5, 5.41) is 45.9. The average Bonchev–Trinajstić information content (AvgIpc) is 3.19. The number of nitrogens with zero attached hydrogens (tertiary/aromatic N) is 6. The normalized spacial score (nSPS) is 12.4. The molecule has 0 fully saturated rings. The molecule has 6 N–H and O–H groups in total. The number of anilines is 1. The Morgan fingerprint density at radius 3 is 1.42 bits per heavy atom. The number of aromatic carboxylic acids is 1. The zero-order valence-corrected chi connectivity index (χ0v) is 30.7. The van der Waals surface area contributed by atoms with Crippen LogP contribution >= 0.6 is 0 Å². The van der Waals surface area contributed by atoms with E-state index < -0.39 is 31.1 Å². The molecule has 7 aromatic carbocycles. The van der Waals surface area contributed by atoms with Crippen LogP contribution in [0, 0.1) is 0 Å². The summed E-state index contributed by atoms with van der Waals surface area (Å²) >= 11 is 0. The first-order valence-electron chi connectivity index (χ1n) is 16.5. The number of benzene rings is 7. The highest BCUT2D eigenvalue weighted by atomic mass is 32.2. The van der Waals surface area contributed by atoms with E-state index in [0.717, 1.165) is 11.1 Å². The molecule has 0 spiro atoms. The zero-order valence-electron chi connectivity index (χ0n) is 29.0. The van der Waals surface area contributed by atoms with E-state index in [1.165, 1.54) is 66.7 Å². The summed E-state index contributed by atoms with van der Waals surface area (Å²) < 4.78 is 67.1. The lowest BCUT2D eigenvalue weighted by Crippen LogP contribution is -1.98. The first kappa shape index (κ1) is 38.0. The van der Waals surface area contributed by atoms with E-state index in [0.29, 0.717) is 33.5 Å². The van der Waals surface area contributed by atoms with Gasteiger partial charge < -0.3 is 15.9 Å². The Kier molecular flexibility index (Phi) is 10.1. The Labute approximate surface area is 323 Å². The molecule has 18 heteroatoms. The Bertz CT molecular complexity index is 3060. The Morgan fingerprint density at radius 1 is 0.474 bits per heavy atom. The molecule has 0 aliphatic rings. The topological polar surface area (TPSA) is 266 Å². The van der Waals surface area contributed by atoms with Crippen LogP contribution in [0.1, 0.15) is 10.4 Å². The van der Waals surface area contributed by atoms with Crippen molar-refractivity contribution in [3.8, 4) is 16.9 Å². The lowest BCUT2D eigenvalue weighted by Gasteiger charge is -2.08. The van der Waals surface area contributed by atoms with Gasteiger partial charge in [-0.15, -0.1) is 15.3 Å². The van der Waals surface area contributed by atoms with Gasteiger partial charge in [0, 0.05) is 27.2 Å². The summed E-state index contributed by atoms with van der Waals surface area (Å²) in [6.07, 6.45) is 0. The van der Waals surface area contributed by atoms with E-state index in [1.807, 2.05) is 24.3 Å². The van der Waals surface area contributed by atoms with Crippen LogP contribution in [0.5, 0.6) is 5.75 Å². The van der Waals surface area contributed by atoms with Crippen molar-refractivity contribution in [1.29, 1.82) is 0 Å². The number of carboxylic acids is 1. The molecule has 284 valence electrons. The van der Waals surface area contributed by atoms with Crippen molar-refractivity contribution in [3.05, 3.63) is 133 Å². The smallest absolute Gasteiger partial charge is 0.339 e. The highest BCUT2D eigenvalue weighted by Crippen LogP contribution is 2.39. The first-order chi connectivity index (χ1) is 27.1. The lowest BCUT2D eigenvalue weighted by molar-refractivity contribution is 0.0693. The van der Waals surface area contributed by atoms with Crippen LogP contribution in [0.25, 0.3) is 32.7 Å². The van der Waals surface area contributed by atoms with Crippen molar-refractivity contribution in [1.82, 2.24) is 0 Å². The van der Waals surface area contributed by atoms with Crippen LogP contribution in [0.4, 0.5) is 39.8 Å². The van der Waals surface area contributed by atoms with Crippen molar-refractivity contribution in [3.63, 3.8) is 0 Å². The van der Waals surface area contributed by atoms with Gasteiger partial charge in [-0.05, 0) is 102 Å². The van der Waals surface area contributed by atoms with Crippen molar-refractivity contribution in [2.45, 2.75) is 9.79 Å². The van der Waals surface area contributed by atoms with Gasteiger partial charge in [-0.1, -0.05) is 36.4 Å². The molecule has 0 atom stereocenters. The molecule has 57 heavy (non-hydrogen) atoms. The molecule has 0 radical (unpaired) electrons. The van der Waals surface area contributed by atoms with Gasteiger partial charge in [0.05, 0.1) is 43.9 Å². The molecule has 0 aromatic heterocycles. The van der Waals surface area contributed by atoms with Gasteiger partial charge in [0.2, 0.25) is 0 Å². The quantitative estimate of drug-likeness (QED) is 0.0496. The number of nitrogens with two attached hydrogens (primary N) is 1. The van der Waals surface area contributed by atoms with Crippen LogP contribution in [0.3, 0.4) is 0 Å². The maximum Gasteiger partial charge on any atom is 0.339 e. The minimum absolute atomic E-state index is 0.190. The molecule has 0 saturated carbocycles. The second kappa shape index (κ2) is 15.1. The number of phenols is 1. The van der Waals surface area contributed by atoms with Crippen LogP contribution in [-0.2, 0) is 20.2 Å². The third-order valence-electron chi connectivity index (χ3n) is 8.63. The first-order valence-corrected chi connectivity index (χ1v) is 19.4. The van der Waals surface area contributed by atoms with Crippen molar-refractivity contribution >= 4 is 87.6 Å². The fraction of sp³-hybridized carbons (Fsp3) is 0. The molecule has 0 aliphatic heterocycles. The number of fused-ring (bicyclic) bond motifs is 2. The number of nitrogen functional groups attached to an aromatic ring is 1.